The molecule has 1 saturated carbocycles. The van der Waals surface area contributed by atoms with Gasteiger partial charge < -0.3 is 14.4 Å². The molecule has 0 atom stereocenters. The van der Waals surface area contributed by atoms with Crippen molar-refractivity contribution in [3.8, 4) is 5.75 Å². The number of anilines is 1. The lowest BCUT2D eigenvalue weighted by molar-refractivity contribution is 0.122. The van der Waals surface area contributed by atoms with E-state index < -0.39 is 0 Å². The quantitative estimate of drug-likeness (QED) is 0.644. The van der Waals surface area contributed by atoms with E-state index in [2.05, 4.69) is 37.0 Å². The van der Waals surface area contributed by atoms with E-state index in [1.165, 1.54) is 5.56 Å². The molecule has 2 fully saturated rings. The molecule has 0 amide bonds. The molecule has 1 aliphatic heterocycles. The van der Waals surface area contributed by atoms with Gasteiger partial charge in [0.1, 0.15) is 17.6 Å². The lowest BCUT2D eigenvalue weighted by atomic mass is 9.84. The van der Waals surface area contributed by atoms with Gasteiger partial charge in [0, 0.05) is 49.6 Å². The van der Waals surface area contributed by atoms with Crippen LogP contribution in [0.25, 0.3) is 11.0 Å². The highest BCUT2D eigenvalue weighted by molar-refractivity contribution is 5.85. The maximum atomic E-state index is 6.51. The van der Waals surface area contributed by atoms with E-state index in [1.807, 2.05) is 12.4 Å². The van der Waals surface area contributed by atoms with Crippen molar-refractivity contribution in [1.82, 2.24) is 19.9 Å². The average molecular weight is 406 g/mol. The summed E-state index contributed by atoms with van der Waals surface area (Å²) in [6.07, 6.45) is 14.6. The first-order valence-corrected chi connectivity index (χ1v) is 10.8. The van der Waals surface area contributed by atoms with Crippen LogP contribution in [0.1, 0.15) is 31.2 Å². The van der Waals surface area contributed by atoms with Gasteiger partial charge in [-0.1, -0.05) is 0 Å². The van der Waals surface area contributed by atoms with Gasteiger partial charge in [-0.3, -0.25) is 4.98 Å². The van der Waals surface area contributed by atoms with Crippen LogP contribution in [0.5, 0.6) is 5.75 Å². The first-order chi connectivity index (χ1) is 14.8. The molecule has 3 aromatic rings. The van der Waals surface area contributed by atoms with Gasteiger partial charge in [-0.2, -0.15) is 0 Å². The molecule has 0 N–H and O–H groups in total. The van der Waals surface area contributed by atoms with Crippen LogP contribution in [0.2, 0.25) is 0 Å². The SMILES string of the molecule is c1ncc(CC2CCC(Oc3cc(N4CCOCC4)cc4nccnc34)CC2)cn1. The molecule has 7 heteroatoms. The minimum atomic E-state index is 0.221. The summed E-state index contributed by atoms with van der Waals surface area (Å²) in [7, 11) is 0. The van der Waals surface area contributed by atoms with Gasteiger partial charge in [-0.15, -0.1) is 0 Å². The van der Waals surface area contributed by atoms with Crippen LogP contribution < -0.4 is 9.64 Å². The maximum Gasteiger partial charge on any atom is 0.149 e. The zero-order chi connectivity index (χ0) is 20.2. The van der Waals surface area contributed by atoms with Crippen molar-refractivity contribution >= 4 is 16.7 Å². The molecule has 0 spiro atoms. The number of ether oxygens (including phenoxy) is 2. The molecule has 156 valence electrons. The fraction of sp³-hybridized carbons (Fsp3) is 0.478. The molecule has 1 aromatic carbocycles. The van der Waals surface area contributed by atoms with E-state index >= 15 is 0 Å². The molecular weight excluding hydrogens is 378 g/mol. The van der Waals surface area contributed by atoms with Crippen LogP contribution in [0.3, 0.4) is 0 Å². The van der Waals surface area contributed by atoms with Crippen molar-refractivity contribution in [2.24, 2.45) is 5.92 Å². The highest BCUT2D eigenvalue weighted by atomic mass is 16.5. The van der Waals surface area contributed by atoms with Crippen molar-refractivity contribution in [3.05, 3.63) is 48.8 Å². The summed E-state index contributed by atoms with van der Waals surface area (Å²) in [4.78, 5) is 19.7. The summed E-state index contributed by atoms with van der Waals surface area (Å²) < 4.78 is 12.0. The monoisotopic (exact) mass is 405 g/mol. The zero-order valence-corrected chi connectivity index (χ0v) is 17.1. The molecule has 0 radical (unpaired) electrons. The topological polar surface area (TPSA) is 73.3 Å². The van der Waals surface area contributed by atoms with Gasteiger partial charge in [-0.25, -0.2) is 15.0 Å². The summed E-state index contributed by atoms with van der Waals surface area (Å²) in [5.74, 6) is 1.52. The Kier molecular flexibility index (Phi) is 5.70. The standard InChI is InChI=1S/C23H27N5O2/c1-3-20(4-2-17(1)11-18-14-24-16-25-15-18)30-22-13-19(28-7-9-29-10-8-28)12-21-23(22)27-6-5-26-21/h5-6,12-17,20H,1-4,7-11H2. The van der Waals surface area contributed by atoms with Crippen molar-refractivity contribution < 1.29 is 9.47 Å². The molecule has 1 aliphatic carbocycles. The molecule has 0 bridgehead atoms. The number of hydrogen-bond donors (Lipinski definition) is 0. The lowest BCUT2D eigenvalue weighted by Crippen LogP contribution is -2.36. The minimum Gasteiger partial charge on any atom is -0.488 e. The second kappa shape index (κ2) is 8.92. The molecule has 5 rings (SSSR count). The Bertz CT molecular complexity index is 970. The van der Waals surface area contributed by atoms with Gasteiger partial charge >= 0.3 is 0 Å². The van der Waals surface area contributed by atoms with Crippen LogP contribution >= 0.6 is 0 Å². The van der Waals surface area contributed by atoms with Crippen LogP contribution in [-0.2, 0) is 11.2 Å². The molecule has 3 heterocycles. The molecule has 0 unspecified atom stereocenters. The number of fused-ring (bicyclic) bond motifs is 1. The fourth-order valence-corrected chi connectivity index (χ4v) is 4.52. The van der Waals surface area contributed by atoms with Crippen LogP contribution in [-0.4, -0.2) is 52.3 Å². The Labute approximate surface area is 176 Å². The number of benzene rings is 1. The van der Waals surface area contributed by atoms with Crippen molar-refractivity contribution in [1.29, 1.82) is 0 Å². The van der Waals surface area contributed by atoms with E-state index in [-0.39, 0.29) is 6.10 Å². The Morgan fingerprint density at radius 2 is 1.73 bits per heavy atom. The Morgan fingerprint density at radius 3 is 2.53 bits per heavy atom. The largest absolute Gasteiger partial charge is 0.488 e. The van der Waals surface area contributed by atoms with Gasteiger partial charge in [0.25, 0.3) is 0 Å². The van der Waals surface area contributed by atoms with Crippen molar-refractivity contribution in [2.75, 3.05) is 31.2 Å². The van der Waals surface area contributed by atoms with Gasteiger partial charge in [0.2, 0.25) is 0 Å². The second-order valence-corrected chi connectivity index (χ2v) is 8.18. The average Bonchev–Trinajstić information content (AvgIpc) is 2.81. The van der Waals surface area contributed by atoms with E-state index in [0.717, 1.165) is 80.9 Å². The number of morpholine rings is 1. The Balaban J connectivity index is 1.29. The van der Waals surface area contributed by atoms with Crippen LogP contribution in [0.15, 0.2) is 43.2 Å². The summed E-state index contributed by atoms with van der Waals surface area (Å²) in [6, 6.07) is 4.25. The van der Waals surface area contributed by atoms with Crippen LogP contribution in [0, 0.1) is 5.92 Å². The smallest absolute Gasteiger partial charge is 0.149 e. The van der Waals surface area contributed by atoms with Gasteiger partial charge in [0.05, 0.1) is 24.8 Å². The predicted molar refractivity (Wildman–Crippen MR) is 115 cm³/mol. The minimum absolute atomic E-state index is 0.221. The van der Waals surface area contributed by atoms with E-state index in [1.54, 1.807) is 18.7 Å². The van der Waals surface area contributed by atoms with E-state index in [0.29, 0.717) is 5.92 Å². The fourth-order valence-electron chi connectivity index (χ4n) is 4.52. The van der Waals surface area contributed by atoms with Crippen molar-refractivity contribution in [2.45, 2.75) is 38.2 Å². The first-order valence-electron chi connectivity index (χ1n) is 10.8. The Hall–Kier alpha value is -2.80. The third kappa shape index (κ3) is 4.36. The zero-order valence-electron chi connectivity index (χ0n) is 17.1. The third-order valence-corrected chi connectivity index (χ3v) is 6.13. The molecular formula is C23H27N5O2. The van der Waals surface area contributed by atoms with Crippen LogP contribution in [0.4, 0.5) is 5.69 Å². The Morgan fingerprint density at radius 1 is 0.967 bits per heavy atom. The molecule has 2 aromatic heterocycles. The number of hydrogen-bond acceptors (Lipinski definition) is 7. The highest BCUT2D eigenvalue weighted by Gasteiger charge is 2.24. The maximum absolute atomic E-state index is 6.51. The lowest BCUT2D eigenvalue weighted by Gasteiger charge is -2.31. The predicted octanol–water partition coefficient (Wildman–Crippen LogP) is 3.44. The molecule has 7 nitrogen and oxygen atoms in total. The summed E-state index contributed by atoms with van der Waals surface area (Å²) in [6.45, 7) is 3.29. The van der Waals surface area contributed by atoms with E-state index in [4.69, 9.17) is 9.47 Å². The number of nitrogens with zero attached hydrogens (tertiary/aromatic N) is 5. The van der Waals surface area contributed by atoms with Gasteiger partial charge in [-0.05, 0) is 49.7 Å². The molecule has 30 heavy (non-hydrogen) atoms. The summed E-state index contributed by atoms with van der Waals surface area (Å²) >= 11 is 0. The first kappa shape index (κ1) is 19.2. The van der Waals surface area contributed by atoms with Gasteiger partial charge in [0.15, 0.2) is 0 Å². The third-order valence-electron chi connectivity index (χ3n) is 6.13. The molecule has 2 aliphatic rings. The normalized spacial score (nSPS) is 22.2. The van der Waals surface area contributed by atoms with E-state index in [9.17, 15) is 0 Å². The summed E-state index contributed by atoms with van der Waals surface area (Å²) in [5, 5.41) is 0. The second-order valence-electron chi connectivity index (χ2n) is 8.18. The highest BCUT2D eigenvalue weighted by Crippen LogP contribution is 2.34. The van der Waals surface area contributed by atoms with Crippen molar-refractivity contribution in [3.63, 3.8) is 0 Å². The molecule has 1 saturated heterocycles. The number of rotatable bonds is 5. The number of aromatic nitrogens is 4. The summed E-state index contributed by atoms with van der Waals surface area (Å²) in [5.41, 5.74) is 4.09.